The monoisotopic (exact) mass is 237 g/mol. The van der Waals surface area contributed by atoms with Crippen LogP contribution >= 0.6 is 0 Å². The Labute approximate surface area is 99.6 Å². The number of ether oxygens (including phenoxy) is 1. The molecule has 0 saturated carbocycles. The predicted octanol–water partition coefficient (Wildman–Crippen LogP) is 1.73. The van der Waals surface area contributed by atoms with Crippen molar-refractivity contribution in [2.24, 2.45) is 0 Å². The van der Waals surface area contributed by atoms with Crippen molar-refractivity contribution in [3.05, 3.63) is 35.9 Å². The lowest BCUT2D eigenvalue weighted by molar-refractivity contribution is -0.142. The number of hydrogen-bond donors (Lipinski definition) is 1. The maximum absolute atomic E-state index is 11.5. The highest BCUT2D eigenvalue weighted by Gasteiger charge is 2.26. The van der Waals surface area contributed by atoms with Crippen LogP contribution in [0.3, 0.4) is 0 Å². The van der Waals surface area contributed by atoms with Crippen LogP contribution in [-0.2, 0) is 16.1 Å². The van der Waals surface area contributed by atoms with Crippen molar-refractivity contribution < 1.29 is 19.4 Å². The number of carboxylic acids is 1. The van der Waals surface area contributed by atoms with E-state index in [1.54, 1.807) is 0 Å². The van der Waals surface area contributed by atoms with Gasteiger partial charge in [0.1, 0.15) is 6.04 Å². The van der Waals surface area contributed by atoms with Crippen LogP contribution in [-0.4, -0.2) is 35.2 Å². The first-order chi connectivity index (χ1) is 8.06. The molecule has 0 bridgehead atoms. The number of amides is 1. The molecule has 0 saturated heterocycles. The molecule has 1 rings (SSSR count). The first-order valence-corrected chi connectivity index (χ1v) is 5.17. The van der Waals surface area contributed by atoms with Crippen molar-refractivity contribution in [1.82, 2.24) is 4.90 Å². The molecule has 0 spiro atoms. The number of nitrogens with zero attached hydrogens (tertiary/aromatic N) is 1. The van der Waals surface area contributed by atoms with Gasteiger partial charge in [-0.2, -0.15) is 0 Å². The number of hydrogen-bond acceptors (Lipinski definition) is 3. The van der Waals surface area contributed by atoms with Gasteiger partial charge < -0.3 is 9.84 Å². The highest BCUT2D eigenvalue weighted by Crippen LogP contribution is 2.10. The molecule has 5 heteroatoms. The normalized spacial score (nSPS) is 11.6. The Morgan fingerprint density at radius 2 is 1.94 bits per heavy atom. The summed E-state index contributed by atoms with van der Waals surface area (Å²) < 4.78 is 4.58. The fourth-order valence-electron chi connectivity index (χ4n) is 1.39. The van der Waals surface area contributed by atoms with Gasteiger partial charge in [-0.05, 0) is 12.5 Å². The number of carboxylic acid groups (broad SMARTS) is 1. The second-order valence-electron chi connectivity index (χ2n) is 3.60. The lowest BCUT2D eigenvalue weighted by Crippen LogP contribution is -2.42. The molecule has 0 aromatic heterocycles. The second kappa shape index (κ2) is 5.89. The number of carbonyl (C=O) groups is 2. The molecule has 1 unspecified atom stereocenters. The van der Waals surface area contributed by atoms with Crippen LogP contribution in [0.2, 0.25) is 0 Å². The van der Waals surface area contributed by atoms with E-state index in [4.69, 9.17) is 5.11 Å². The van der Waals surface area contributed by atoms with E-state index >= 15 is 0 Å². The van der Waals surface area contributed by atoms with Gasteiger partial charge in [0.05, 0.1) is 7.11 Å². The molecule has 1 aromatic carbocycles. The van der Waals surface area contributed by atoms with Crippen molar-refractivity contribution in [3.8, 4) is 0 Å². The molecule has 5 nitrogen and oxygen atoms in total. The van der Waals surface area contributed by atoms with E-state index in [-0.39, 0.29) is 6.54 Å². The summed E-state index contributed by atoms with van der Waals surface area (Å²) in [5, 5.41) is 8.93. The van der Waals surface area contributed by atoms with Gasteiger partial charge in [0.2, 0.25) is 0 Å². The third kappa shape index (κ3) is 3.48. The standard InChI is InChI=1S/C12H15NO4/c1-9(11(14)15)13(12(16)17-2)8-10-6-4-3-5-7-10/h3-7,9H,8H2,1-2H3,(H,14,15). The Morgan fingerprint density at radius 3 is 2.41 bits per heavy atom. The zero-order chi connectivity index (χ0) is 12.8. The largest absolute Gasteiger partial charge is 0.480 e. The van der Waals surface area contributed by atoms with Crippen LogP contribution in [0.15, 0.2) is 30.3 Å². The van der Waals surface area contributed by atoms with Crippen LogP contribution < -0.4 is 0 Å². The van der Waals surface area contributed by atoms with E-state index in [1.807, 2.05) is 30.3 Å². The highest BCUT2D eigenvalue weighted by molar-refractivity contribution is 5.79. The topological polar surface area (TPSA) is 66.8 Å². The zero-order valence-corrected chi connectivity index (χ0v) is 9.79. The van der Waals surface area contributed by atoms with Crippen LogP contribution in [0.25, 0.3) is 0 Å². The van der Waals surface area contributed by atoms with Gasteiger partial charge in [0, 0.05) is 6.54 Å². The van der Waals surface area contributed by atoms with Crippen LogP contribution in [0.4, 0.5) is 4.79 Å². The molecule has 0 radical (unpaired) electrons. The van der Waals surface area contributed by atoms with Crippen molar-refractivity contribution in [3.63, 3.8) is 0 Å². The number of benzene rings is 1. The minimum atomic E-state index is -1.06. The Hall–Kier alpha value is -2.04. The molecule has 1 aromatic rings. The van der Waals surface area contributed by atoms with E-state index < -0.39 is 18.1 Å². The van der Waals surface area contributed by atoms with Gasteiger partial charge in [-0.1, -0.05) is 30.3 Å². The molecular weight excluding hydrogens is 222 g/mol. The third-order valence-electron chi connectivity index (χ3n) is 2.43. The van der Waals surface area contributed by atoms with Crippen molar-refractivity contribution in [1.29, 1.82) is 0 Å². The molecule has 0 aliphatic carbocycles. The highest BCUT2D eigenvalue weighted by atomic mass is 16.5. The molecule has 0 fully saturated rings. The van der Waals surface area contributed by atoms with Crippen LogP contribution in [0, 0.1) is 0 Å². The number of rotatable bonds is 4. The van der Waals surface area contributed by atoms with E-state index in [1.165, 1.54) is 14.0 Å². The molecule has 1 amide bonds. The third-order valence-corrected chi connectivity index (χ3v) is 2.43. The Bertz CT molecular complexity index is 391. The van der Waals surface area contributed by atoms with E-state index in [2.05, 4.69) is 4.74 Å². The second-order valence-corrected chi connectivity index (χ2v) is 3.60. The van der Waals surface area contributed by atoms with E-state index in [0.717, 1.165) is 10.5 Å². The average Bonchev–Trinajstić information content (AvgIpc) is 2.35. The van der Waals surface area contributed by atoms with Gasteiger partial charge in [0.25, 0.3) is 0 Å². The minimum absolute atomic E-state index is 0.209. The van der Waals surface area contributed by atoms with Gasteiger partial charge in [-0.25, -0.2) is 9.59 Å². The van der Waals surface area contributed by atoms with Crippen molar-refractivity contribution in [2.75, 3.05) is 7.11 Å². The van der Waals surface area contributed by atoms with Gasteiger partial charge in [-0.15, -0.1) is 0 Å². The molecule has 0 aliphatic heterocycles. The Balaban J connectivity index is 2.85. The quantitative estimate of drug-likeness (QED) is 0.866. The summed E-state index contributed by atoms with van der Waals surface area (Å²) in [6.45, 7) is 1.66. The number of methoxy groups -OCH3 is 1. The summed E-state index contributed by atoms with van der Waals surface area (Å²) in [7, 11) is 1.23. The number of carbonyl (C=O) groups excluding carboxylic acids is 1. The summed E-state index contributed by atoms with van der Waals surface area (Å²) in [6.07, 6.45) is -0.649. The molecule has 0 aliphatic rings. The lowest BCUT2D eigenvalue weighted by atomic mass is 10.2. The summed E-state index contributed by atoms with van der Waals surface area (Å²) in [5.74, 6) is -1.06. The summed E-state index contributed by atoms with van der Waals surface area (Å²) in [6, 6.07) is 8.23. The summed E-state index contributed by atoms with van der Waals surface area (Å²) in [4.78, 5) is 23.6. The summed E-state index contributed by atoms with van der Waals surface area (Å²) >= 11 is 0. The fraction of sp³-hybridized carbons (Fsp3) is 0.333. The van der Waals surface area contributed by atoms with Crippen molar-refractivity contribution in [2.45, 2.75) is 19.5 Å². The maximum Gasteiger partial charge on any atom is 0.410 e. The summed E-state index contributed by atoms with van der Waals surface area (Å²) in [5.41, 5.74) is 0.853. The van der Waals surface area contributed by atoms with Crippen LogP contribution in [0.5, 0.6) is 0 Å². The van der Waals surface area contributed by atoms with Gasteiger partial charge in [-0.3, -0.25) is 4.90 Å². The fourth-order valence-corrected chi connectivity index (χ4v) is 1.39. The van der Waals surface area contributed by atoms with Gasteiger partial charge >= 0.3 is 12.1 Å². The lowest BCUT2D eigenvalue weighted by Gasteiger charge is -2.24. The van der Waals surface area contributed by atoms with E-state index in [9.17, 15) is 9.59 Å². The molecule has 0 heterocycles. The van der Waals surface area contributed by atoms with Crippen molar-refractivity contribution >= 4 is 12.1 Å². The molecular formula is C12H15NO4. The molecule has 17 heavy (non-hydrogen) atoms. The van der Waals surface area contributed by atoms with Crippen LogP contribution in [0.1, 0.15) is 12.5 Å². The zero-order valence-electron chi connectivity index (χ0n) is 9.79. The minimum Gasteiger partial charge on any atom is -0.480 e. The SMILES string of the molecule is COC(=O)N(Cc1ccccc1)C(C)C(=O)O. The molecule has 92 valence electrons. The smallest absolute Gasteiger partial charge is 0.410 e. The average molecular weight is 237 g/mol. The molecule has 1 N–H and O–H groups in total. The Kier molecular flexibility index (Phi) is 4.51. The predicted molar refractivity (Wildman–Crippen MR) is 61.5 cm³/mol. The Morgan fingerprint density at radius 1 is 1.35 bits per heavy atom. The molecule has 1 atom stereocenters. The van der Waals surface area contributed by atoms with E-state index in [0.29, 0.717) is 0 Å². The maximum atomic E-state index is 11.5. The first kappa shape index (κ1) is 13.0. The number of aliphatic carboxylic acids is 1. The first-order valence-electron chi connectivity index (χ1n) is 5.17. The van der Waals surface area contributed by atoms with Gasteiger partial charge in [0.15, 0.2) is 0 Å².